The first-order valence-electron chi connectivity index (χ1n) is 2.26. The van der Waals surface area contributed by atoms with E-state index in [1.165, 1.54) is 0 Å². The van der Waals surface area contributed by atoms with E-state index >= 15 is 0 Å². The molecule has 0 atom stereocenters. The summed E-state index contributed by atoms with van der Waals surface area (Å²) in [5.41, 5.74) is 0.875. The second-order valence-electron chi connectivity index (χ2n) is 1.43. The van der Waals surface area contributed by atoms with Crippen LogP contribution in [0.15, 0.2) is 12.4 Å². The molecule has 0 saturated carbocycles. The van der Waals surface area contributed by atoms with Crippen molar-refractivity contribution in [2.75, 3.05) is 0 Å². The molecule has 1 aromatic heterocycles. The van der Waals surface area contributed by atoms with E-state index in [1.54, 1.807) is 18.7 Å². The highest BCUT2D eigenvalue weighted by molar-refractivity contribution is 5.54. The Balaban J connectivity index is 2.62. The predicted octanol–water partition coefficient (Wildman–Crippen LogP) is 0.0619. The largest absolute Gasteiger partial charge is 0.291 e. The minimum absolute atomic E-state index is 0.330. The van der Waals surface area contributed by atoms with E-state index in [1.807, 2.05) is 0 Å². The topological polar surface area (TPSA) is 45.8 Å². The molecule has 41 valence electrons. The van der Waals surface area contributed by atoms with Crippen LogP contribution in [0.2, 0.25) is 0 Å². The smallest absolute Gasteiger partial charge is 0.203 e. The summed E-state index contributed by atoms with van der Waals surface area (Å²) in [5, 5.41) is 6.22. The molecule has 8 heavy (non-hydrogen) atoms. The Labute approximate surface area is 46.7 Å². The number of carbonyl (C=O) groups excluding carboxylic acids is 1. The van der Waals surface area contributed by atoms with Crippen LogP contribution in [0.25, 0.3) is 0 Å². The second kappa shape index (κ2) is 2.26. The fourth-order valence-corrected chi connectivity index (χ4v) is 0.458. The first kappa shape index (κ1) is 5.03. The van der Waals surface area contributed by atoms with Gasteiger partial charge in [-0.1, -0.05) is 0 Å². The average molecular weight is 109 g/mol. The molecule has 1 rings (SSSR count). The van der Waals surface area contributed by atoms with Gasteiger partial charge >= 0.3 is 0 Å². The molecule has 1 heterocycles. The van der Waals surface area contributed by atoms with E-state index in [4.69, 9.17) is 0 Å². The van der Waals surface area contributed by atoms with Gasteiger partial charge in [0.2, 0.25) is 6.29 Å². The molecular formula is C5H5N2O. The van der Waals surface area contributed by atoms with E-state index in [0.717, 1.165) is 5.56 Å². The van der Waals surface area contributed by atoms with Crippen LogP contribution >= 0.6 is 0 Å². The lowest BCUT2D eigenvalue weighted by molar-refractivity contribution is 0.555. The summed E-state index contributed by atoms with van der Waals surface area (Å²) in [6.07, 6.45) is 5.36. The maximum absolute atomic E-state index is 9.71. The van der Waals surface area contributed by atoms with Crippen molar-refractivity contribution in [3.63, 3.8) is 0 Å². The third kappa shape index (κ3) is 0.932. The molecule has 0 aliphatic rings. The Morgan fingerprint density at radius 1 is 1.88 bits per heavy atom. The van der Waals surface area contributed by atoms with Crippen molar-refractivity contribution in [1.82, 2.24) is 10.2 Å². The Hall–Kier alpha value is -1.12. The number of rotatable bonds is 2. The highest BCUT2D eigenvalue weighted by Crippen LogP contribution is 1.90. The maximum Gasteiger partial charge on any atom is 0.203 e. The number of hydrogen-bond donors (Lipinski definition) is 1. The van der Waals surface area contributed by atoms with Gasteiger partial charge < -0.3 is 0 Å². The first-order chi connectivity index (χ1) is 3.93. The molecule has 0 unspecified atom stereocenters. The lowest BCUT2D eigenvalue weighted by atomic mass is 10.3. The predicted molar refractivity (Wildman–Crippen MR) is 28.0 cm³/mol. The molecule has 0 spiro atoms. The van der Waals surface area contributed by atoms with Gasteiger partial charge in [0.1, 0.15) is 0 Å². The van der Waals surface area contributed by atoms with Crippen LogP contribution in [0.5, 0.6) is 0 Å². The lowest BCUT2D eigenvalue weighted by Gasteiger charge is -1.75. The standard InChI is InChI=1S/C5H5N2O/c8-2-1-5-3-6-7-4-5/h3-4H,1H2,(H,6,7). The average Bonchev–Trinajstić information content (AvgIpc) is 2.19. The number of nitrogens with one attached hydrogen (secondary N) is 1. The van der Waals surface area contributed by atoms with Crippen LogP contribution in [0.1, 0.15) is 5.56 Å². The van der Waals surface area contributed by atoms with Crippen molar-refractivity contribution < 1.29 is 4.79 Å². The van der Waals surface area contributed by atoms with Crippen LogP contribution < -0.4 is 0 Å². The summed E-state index contributed by atoms with van der Waals surface area (Å²) in [5.74, 6) is 0. The van der Waals surface area contributed by atoms with Crippen LogP contribution in [-0.4, -0.2) is 16.5 Å². The van der Waals surface area contributed by atoms with Gasteiger partial charge in [0.25, 0.3) is 0 Å². The van der Waals surface area contributed by atoms with Crippen molar-refractivity contribution in [3.8, 4) is 0 Å². The summed E-state index contributed by atoms with van der Waals surface area (Å²) >= 11 is 0. The normalized spacial score (nSPS) is 9.00. The second-order valence-corrected chi connectivity index (χ2v) is 1.43. The number of aromatic amines is 1. The SMILES string of the molecule is O=[C]Cc1cn[nH]c1. The van der Waals surface area contributed by atoms with E-state index < -0.39 is 0 Å². The van der Waals surface area contributed by atoms with E-state index in [0.29, 0.717) is 6.42 Å². The number of hydrogen-bond acceptors (Lipinski definition) is 2. The van der Waals surface area contributed by atoms with Crippen LogP contribution in [-0.2, 0) is 11.2 Å². The van der Waals surface area contributed by atoms with Gasteiger partial charge in [0.05, 0.1) is 6.20 Å². The molecule has 0 amide bonds. The molecule has 3 nitrogen and oxygen atoms in total. The van der Waals surface area contributed by atoms with Crippen LogP contribution in [0, 0.1) is 0 Å². The molecule has 0 aliphatic carbocycles. The van der Waals surface area contributed by atoms with Gasteiger partial charge in [-0.15, -0.1) is 0 Å². The number of nitrogens with zero attached hydrogens (tertiary/aromatic N) is 1. The molecule has 1 aromatic rings. The minimum atomic E-state index is 0.330. The molecule has 0 aromatic carbocycles. The third-order valence-corrected chi connectivity index (χ3v) is 0.831. The quantitative estimate of drug-likeness (QED) is 0.583. The zero-order valence-corrected chi connectivity index (χ0v) is 4.22. The minimum Gasteiger partial charge on any atom is -0.291 e. The third-order valence-electron chi connectivity index (χ3n) is 0.831. The molecule has 1 N–H and O–H groups in total. The van der Waals surface area contributed by atoms with Crippen molar-refractivity contribution >= 4 is 6.29 Å². The summed E-state index contributed by atoms with van der Waals surface area (Å²) in [6.45, 7) is 0. The van der Waals surface area contributed by atoms with Gasteiger partial charge in [0.15, 0.2) is 0 Å². The summed E-state index contributed by atoms with van der Waals surface area (Å²) in [7, 11) is 0. The molecule has 0 aliphatic heterocycles. The van der Waals surface area contributed by atoms with E-state index in [-0.39, 0.29) is 0 Å². The summed E-state index contributed by atoms with van der Waals surface area (Å²) in [6, 6.07) is 0. The summed E-state index contributed by atoms with van der Waals surface area (Å²) < 4.78 is 0. The fraction of sp³-hybridized carbons (Fsp3) is 0.200. The number of H-pyrrole nitrogens is 1. The zero-order valence-electron chi connectivity index (χ0n) is 4.22. The van der Waals surface area contributed by atoms with Gasteiger partial charge in [-0.3, -0.25) is 9.89 Å². The lowest BCUT2D eigenvalue weighted by Crippen LogP contribution is -1.78. The Morgan fingerprint density at radius 2 is 2.75 bits per heavy atom. The molecule has 0 fully saturated rings. The van der Waals surface area contributed by atoms with E-state index in [2.05, 4.69) is 10.2 Å². The van der Waals surface area contributed by atoms with Crippen LogP contribution in [0.3, 0.4) is 0 Å². The van der Waals surface area contributed by atoms with Crippen molar-refractivity contribution in [3.05, 3.63) is 18.0 Å². The molecular weight excluding hydrogens is 104 g/mol. The van der Waals surface area contributed by atoms with Crippen molar-refractivity contribution in [2.24, 2.45) is 0 Å². The Morgan fingerprint density at radius 3 is 3.25 bits per heavy atom. The monoisotopic (exact) mass is 109 g/mol. The highest BCUT2D eigenvalue weighted by atomic mass is 16.1. The fourth-order valence-electron chi connectivity index (χ4n) is 0.458. The Bertz CT molecular complexity index is 157. The molecule has 0 saturated heterocycles. The van der Waals surface area contributed by atoms with Crippen molar-refractivity contribution in [2.45, 2.75) is 6.42 Å². The maximum atomic E-state index is 9.71. The molecule has 0 bridgehead atoms. The van der Waals surface area contributed by atoms with E-state index in [9.17, 15) is 4.79 Å². The zero-order chi connectivity index (χ0) is 5.82. The van der Waals surface area contributed by atoms with Gasteiger partial charge in [-0.2, -0.15) is 5.10 Å². The Kier molecular flexibility index (Phi) is 1.42. The van der Waals surface area contributed by atoms with Gasteiger partial charge in [-0.25, -0.2) is 0 Å². The van der Waals surface area contributed by atoms with Crippen LogP contribution in [0.4, 0.5) is 0 Å². The van der Waals surface area contributed by atoms with Gasteiger partial charge in [0, 0.05) is 12.6 Å². The molecule has 1 radical (unpaired) electrons. The van der Waals surface area contributed by atoms with Gasteiger partial charge in [-0.05, 0) is 5.56 Å². The molecule has 3 heteroatoms. The van der Waals surface area contributed by atoms with Crippen molar-refractivity contribution in [1.29, 1.82) is 0 Å². The summed E-state index contributed by atoms with van der Waals surface area (Å²) in [4.78, 5) is 9.71. The highest BCUT2D eigenvalue weighted by Gasteiger charge is 1.88. The number of aromatic nitrogens is 2. The first-order valence-corrected chi connectivity index (χ1v) is 2.26.